The van der Waals surface area contributed by atoms with E-state index in [4.69, 9.17) is 15.3 Å². The van der Waals surface area contributed by atoms with Gasteiger partial charge in [0.1, 0.15) is 0 Å². The van der Waals surface area contributed by atoms with Crippen molar-refractivity contribution in [3.05, 3.63) is 0 Å². The summed E-state index contributed by atoms with van der Waals surface area (Å²) in [4.78, 5) is 9.85. The standard InChI is InChI=1S/C2H6N2O4/c3-4-1(5)2(6,7)8/h6-8H,3H2,(H,4,5). The summed E-state index contributed by atoms with van der Waals surface area (Å²) < 4.78 is 0. The summed E-state index contributed by atoms with van der Waals surface area (Å²) >= 11 is 0. The second-order valence-corrected chi connectivity index (χ2v) is 1.11. The molecule has 0 spiro atoms. The second kappa shape index (κ2) is 2.05. The van der Waals surface area contributed by atoms with Gasteiger partial charge < -0.3 is 15.3 Å². The molecule has 6 heteroatoms. The van der Waals surface area contributed by atoms with Crippen LogP contribution in [-0.2, 0) is 4.79 Å². The molecule has 0 aromatic heterocycles. The average molecular weight is 122 g/mol. The first-order valence-corrected chi connectivity index (χ1v) is 1.66. The van der Waals surface area contributed by atoms with Gasteiger partial charge in [0.15, 0.2) is 0 Å². The molecule has 0 radical (unpaired) electrons. The molecule has 8 heavy (non-hydrogen) atoms. The van der Waals surface area contributed by atoms with Crippen molar-refractivity contribution in [2.24, 2.45) is 5.84 Å². The molecular formula is C2H6N2O4. The Balaban J connectivity index is 3.82. The van der Waals surface area contributed by atoms with Gasteiger partial charge in [0.25, 0.3) is 0 Å². The fourth-order valence-corrected chi connectivity index (χ4v) is 0.0968. The van der Waals surface area contributed by atoms with Crippen LogP contribution in [0.25, 0.3) is 0 Å². The van der Waals surface area contributed by atoms with Crippen LogP contribution in [0.3, 0.4) is 0 Å². The van der Waals surface area contributed by atoms with Crippen LogP contribution < -0.4 is 11.3 Å². The SMILES string of the molecule is NNC(=O)C(O)(O)O. The van der Waals surface area contributed by atoms with Gasteiger partial charge in [-0.2, -0.15) is 0 Å². The number of hydrazine groups is 1. The molecule has 0 aliphatic carbocycles. The Morgan fingerprint density at radius 2 is 1.88 bits per heavy atom. The van der Waals surface area contributed by atoms with E-state index in [2.05, 4.69) is 5.84 Å². The molecule has 6 N–H and O–H groups in total. The summed E-state index contributed by atoms with van der Waals surface area (Å²) in [5.74, 6) is -0.462. The Labute approximate surface area is 44.5 Å². The van der Waals surface area contributed by atoms with Crippen molar-refractivity contribution in [1.82, 2.24) is 5.43 Å². The van der Waals surface area contributed by atoms with E-state index < -0.39 is 11.9 Å². The Kier molecular flexibility index (Phi) is 1.88. The number of carbonyl (C=O) groups is 1. The fraction of sp³-hybridized carbons (Fsp3) is 0.500. The molecule has 6 nitrogen and oxygen atoms in total. The van der Waals surface area contributed by atoms with Crippen molar-refractivity contribution in [3.63, 3.8) is 0 Å². The van der Waals surface area contributed by atoms with E-state index >= 15 is 0 Å². The third-order valence-electron chi connectivity index (χ3n) is 0.436. The Morgan fingerprint density at radius 1 is 1.50 bits per heavy atom. The first kappa shape index (κ1) is 7.31. The molecule has 0 atom stereocenters. The van der Waals surface area contributed by atoms with Gasteiger partial charge in [-0.15, -0.1) is 0 Å². The van der Waals surface area contributed by atoms with Gasteiger partial charge in [-0.25, -0.2) is 5.84 Å². The number of hydrogen-bond donors (Lipinski definition) is 5. The number of carbonyl (C=O) groups excluding carboxylic acids is 1. The minimum Gasteiger partial charge on any atom is -0.336 e. The van der Waals surface area contributed by atoms with Crippen molar-refractivity contribution < 1.29 is 20.1 Å². The van der Waals surface area contributed by atoms with E-state index in [1.165, 1.54) is 5.43 Å². The van der Waals surface area contributed by atoms with Crippen molar-refractivity contribution in [1.29, 1.82) is 0 Å². The Hall–Kier alpha value is -0.690. The summed E-state index contributed by atoms with van der Waals surface area (Å²) in [7, 11) is 0. The summed E-state index contributed by atoms with van der Waals surface area (Å²) in [5, 5.41) is 23.7. The van der Waals surface area contributed by atoms with Crippen molar-refractivity contribution in [2.45, 2.75) is 5.97 Å². The lowest BCUT2D eigenvalue weighted by molar-refractivity contribution is -0.288. The minimum absolute atomic E-state index is 1.32. The lowest BCUT2D eigenvalue weighted by Crippen LogP contribution is -2.49. The molecule has 0 bridgehead atoms. The molecule has 1 amide bonds. The van der Waals surface area contributed by atoms with Crippen molar-refractivity contribution >= 4 is 5.91 Å². The molecular weight excluding hydrogens is 116 g/mol. The van der Waals surface area contributed by atoms with Crippen LogP contribution in [0.4, 0.5) is 0 Å². The Bertz CT molecular complexity index is 94.7. The van der Waals surface area contributed by atoms with E-state index in [0.717, 1.165) is 0 Å². The van der Waals surface area contributed by atoms with E-state index in [1.54, 1.807) is 0 Å². The maximum absolute atomic E-state index is 9.85. The van der Waals surface area contributed by atoms with Crippen molar-refractivity contribution in [2.75, 3.05) is 0 Å². The van der Waals surface area contributed by atoms with E-state index in [1.807, 2.05) is 0 Å². The summed E-state index contributed by atoms with van der Waals surface area (Å²) in [6.45, 7) is 0. The molecule has 0 fully saturated rings. The van der Waals surface area contributed by atoms with E-state index in [9.17, 15) is 4.79 Å². The minimum atomic E-state index is -3.37. The Morgan fingerprint density at radius 3 is 1.88 bits per heavy atom. The highest BCUT2D eigenvalue weighted by atomic mass is 16.7. The van der Waals surface area contributed by atoms with Gasteiger partial charge in [-0.3, -0.25) is 10.2 Å². The number of hydrogen-bond acceptors (Lipinski definition) is 5. The van der Waals surface area contributed by atoms with Crippen LogP contribution in [-0.4, -0.2) is 27.2 Å². The molecule has 0 aliphatic rings. The lowest BCUT2D eigenvalue weighted by atomic mass is 10.5. The molecule has 0 unspecified atom stereocenters. The van der Waals surface area contributed by atoms with E-state index in [-0.39, 0.29) is 0 Å². The number of aliphatic hydroxyl groups is 3. The quantitative estimate of drug-likeness (QED) is 0.108. The van der Waals surface area contributed by atoms with Gasteiger partial charge in [-0.05, 0) is 0 Å². The highest BCUT2D eigenvalue weighted by molar-refractivity contribution is 5.80. The summed E-state index contributed by atoms with van der Waals surface area (Å²) in [6, 6.07) is 0. The second-order valence-electron chi connectivity index (χ2n) is 1.11. The number of amides is 1. The van der Waals surface area contributed by atoms with E-state index in [0.29, 0.717) is 0 Å². The summed E-state index contributed by atoms with van der Waals surface area (Å²) in [6.07, 6.45) is 0. The zero-order valence-electron chi connectivity index (χ0n) is 3.83. The van der Waals surface area contributed by atoms with Crippen LogP contribution in [0, 0.1) is 0 Å². The zero-order valence-corrected chi connectivity index (χ0v) is 3.83. The van der Waals surface area contributed by atoms with Gasteiger partial charge in [0.05, 0.1) is 0 Å². The van der Waals surface area contributed by atoms with Crippen LogP contribution in [0.15, 0.2) is 0 Å². The molecule has 0 saturated carbocycles. The first-order valence-electron chi connectivity index (χ1n) is 1.66. The molecule has 0 aromatic carbocycles. The van der Waals surface area contributed by atoms with Crippen LogP contribution in [0.5, 0.6) is 0 Å². The molecule has 48 valence electrons. The average Bonchev–Trinajstić information content (AvgIpc) is 1.62. The van der Waals surface area contributed by atoms with Gasteiger partial charge >= 0.3 is 11.9 Å². The maximum Gasteiger partial charge on any atom is 0.361 e. The fourth-order valence-electron chi connectivity index (χ4n) is 0.0968. The third-order valence-corrected chi connectivity index (χ3v) is 0.436. The van der Waals surface area contributed by atoms with Gasteiger partial charge in [0, 0.05) is 0 Å². The van der Waals surface area contributed by atoms with Crippen LogP contribution in [0.2, 0.25) is 0 Å². The smallest absolute Gasteiger partial charge is 0.336 e. The number of nitrogens with two attached hydrogens (primary N) is 1. The predicted molar refractivity (Wildman–Crippen MR) is 21.7 cm³/mol. The number of rotatable bonds is 1. The van der Waals surface area contributed by atoms with Gasteiger partial charge in [0.2, 0.25) is 0 Å². The van der Waals surface area contributed by atoms with Crippen molar-refractivity contribution in [3.8, 4) is 0 Å². The lowest BCUT2D eigenvalue weighted by Gasteiger charge is -2.09. The largest absolute Gasteiger partial charge is 0.361 e. The molecule has 0 rings (SSSR count). The molecule has 0 aliphatic heterocycles. The highest BCUT2D eigenvalue weighted by Gasteiger charge is 2.28. The monoisotopic (exact) mass is 122 g/mol. The summed E-state index contributed by atoms with van der Waals surface area (Å²) in [5.41, 5.74) is 1.32. The zero-order chi connectivity index (χ0) is 6.78. The van der Waals surface area contributed by atoms with Gasteiger partial charge in [-0.1, -0.05) is 0 Å². The molecule has 0 aromatic rings. The predicted octanol–water partition coefficient (Wildman–Crippen LogP) is -3.39. The van der Waals surface area contributed by atoms with Crippen LogP contribution >= 0.6 is 0 Å². The maximum atomic E-state index is 9.85. The van der Waals surface area contributed by atoms with Crippen LogP contribution in [0.1, 0.15) is 0 Å². The first-order chi connectivity index (χ1) is 3.48. The molecule has 0 heterocycles. The number of nitrogens with one attached hydrogen (secondary N) is 1. The topological polar surface area (TPSA) is 116 Å². The normalized spacial score (nSPS) is 11.0. The highest BCUT2D eigenvalue weighted by Crippen LogP contribution is 1.87. The molecule has 0 saturated heterocycles. The third kappa shape index (κ3) is 1.85.